The molecule has 3 N–H and O–H groups in total. The van der Waals surface area contributed by atoms with Gasteiger partial charge in [0.05, 0.1) is 15.8 Å². The van der Waals surface area contributed by atoms with Gasteiger partial charge in [0.15, 0.2) is 0 Å². The lowest BCUT2D eigenvalue weighted by Gasteiger charge is -2.13. The highest BCUT2D eigenvalue weighted by Crippen LogP contribution is 2.23. The number of benzene rings is 3. The van der Waals surface area contributed by atoms with Crippen molar-refractivity contribution in [2.45, 2.75) is 31.7 Å². The lowest BCUT2D eigenvalue weighted by Crippen LogP contribution is -2.31. The molecule has 3 aromatic carbocycles. The van der Waals surface area contributed by atoms with Crippen LogP contribution in [0, 0.1) is 13.8 Å². The van der Waals surface area contributed by atoms with E-state index in [2.05, 4.69) is 15.0 Å². The van der Waals surface area contributed by atoms with Crippen molar-refractivity contribution in [3.8, 4) is 0 Å². The van der Waals surface area contributed by atoms with Crippen molar-refractivity contribution in [3.63, 3.8) is 0 Å². The number of fused-ring (bicyclic) bond motifs is 1. The molecule has 9 nitrogen and oxygen atoms in total. The van der Waals surface area contributed by atoms with Gasteiger partial charge < -0.3 is 5.32 Å². The van der Waals surface area contributed by atoms with Crippen LogP contribution in [0.3, 0.4) is 0 Å². The summed E-state index contributed by atoms with van der Waals surface area (Å²) >= 11 is 0. The van der Waals surface area contributed by atoms with Crippen molar-refractivity contribution in [3.05, 3.63) is 98.7 Å². The Kier molecular flexibility index (Phi) is 6.57. The third-order valence-corrected chi connectivity index (χ3v) is 7.25. The molecule has 180 valence electrons. The largest absolute Gasteiger partial charge is 0.328 e. The zero-order chi connectivity index (χ0) is 25.2. The van der Waals surface area contributed by atoms with E-state index in [1.807, 2.05) is 0 Å². The number of carbonyl (C=O) groups is 1. The summed E-state index contributed by atoms with van der Waals surface area (Å²) < 4.78 is 29.6. The molecular weight excluding hydrogens is 468 g/mol. The number of anilines is 2. The number of aromatic nitrogens is 2. The number of carbonyl (C=O) groups excluding carboxylic acids is 1. The first kappa shape index (κ1) is 24.0. The van der Waals surface area contributed by atoms with Gasteiger partial charge in [0.2, 0.25) is 5.91 Å². The van der Waals surface area contributed by atoms with E-state index in [0.717, 1.165) is 0 Å². The zero-order valence-corrected chi connectivity index (χ0v) is 20.0. The number of amides is 1. The second-order valence-corrected chi connectivity index (χ2v) is 9.75. The molecule has 0 radical (unpaired) electrons. The molecule has 0 bridgehead atoms. The van der Waals surface area contributed by atoms with Crippen LogP contribution in [0.4, 0.5) is 11.4 Å². The Labute approximate surface area is 201 Å². The van der Waals surface area contributed by atoms with Gasteiger partial charge in [-0.3, -0.25) is 23.9 Å². The Balaban J connectivity index is 1.43. The fourth-order valence-corrected chi connectivity index (χ4v) is 5.48. The lowest BCUT2D eigenvalue weighted by molar-refractivity contribution is -0.116. The highest BCUT2D eigenvalue weighted by molar-refractivity contribution is 7.92. The summed E-state index contributed by atoms with van der Waals surface area (Å²) in [5, 5.41) is 3.09. The second-order valence-electron chi connectivity index (χ2n) is 8.13. The van der Waals surface area contributed by atoms with Crippen molar-refractivity contribution in [1.29, 1.82) is 0 Å². The van der Waals surface area contributed by atoms with Crippen LogP contribution >= 0.6 is 0 Å². The Morgan fingerprint density at radius 1 is 0.886 bits per heavy atom. The predicted molar refractivity (Wildman–Crippen MR) is 135 cm³/mol. The van der Waals surface area contributed by atoms with E-state index >= 15 is 0 Å². The monoisotopic (exact) mass is 492 g/mol. The molecule has 1 amide bonds. The number of rotatable bonds is 7. The number of nitrogens with one attached hydrogen (secondary N) is 3. The van der Waals surface area contributed by atoms with Gasteiger partial charge in [0.1, 0.15) is 0 Å². The predicted octanol–water partition coefficient (Wildman–Crippen LogP) is 3.14. The molecule has 1 heterocycles. The van der Waals surface area contributed by atoms with Crippen LogP contribution in [0.1, 0.15) is 17.5 Å². The van der Waals surface area contributed by atoms with Crippen molar-refractivity contribution < 1.29 is 13.2 Å². The quantitative estimate of drug-likeness (QED) is 0.365. The number of H-pyrrole nitrogens is 1. The molecule has 0 saturated heterocycles. The third-order valence-electron chi connectivity index (χ3n) is 5.57. The van der Waals surface area contributed by atoms with E-state index < -0.39 is 21.3 Å². The van der Waals surface area contributed by atoms with Crippen LogP contribution in [0.25, 0.3) is 10.9 Å². The molecule has 0 aliphatic heterocycles. The van der Waals surface area contributed by atoms with Crippen LogP contribution in [-0.2, 0) is 21.4 Å². The average molecular weight is 493 g/mol. The smallest absolute Gasteiger partial charge is 0.326 e. The van der Waals surface area contributed by atoms with Crippen LogP contribution in [0.2, 0.25) is 0 Å². The maximum absolute atomic E-state index is 12.8. The molecule has 35 heavy (non-hydrogen) atoms. The molecule has 0 unspecified atom stereocenters. The van der Waals surface area contributed by atoms with Crippen molar-refractivity contribution in [2.24, 2.45) is 0 Å². The third kappa shape index (κ3) is 5.17. The summed E-state index contributed by atoms with van der Waals surface area (Å²) in [7, 11) is -3.77. The number of hydrogen-bond acceptors (Lipinski definition) is 5. The first-order valence-corrected chi connectivity index (χ1v) is 12.3. The summed E-state index contributed by atoms with van der Waals surface area (Å²) in [5.41, 5.74) is 1.53. The zero-order valence-electron chi connectivity index (χ0n) is 19.2. The van der Waals surface area contributed by atoms with Gasteiger partial charge in [-0.25, -0.2) is 13.2 Å². The molecule has 0 spiro atoms. The number of aromatic amines is 1. The fraction of sp³-hybridized carbons (Fsp3) is 0.160. The minimum absolute atomic E-state index is 0.00309. The Hall–Kier alpha value is -4.18. The molecule has 10 heteroatoms. The normalized spacial score (nSPS) is 11.4. The van der Waals surface area contributed by atoms with Crippen LogP contribution < -0.4 is 21.3 Å². The average Bonchev–Trinajstić information content (AvgIpc) is 2.80. The van der Waals surface area contributed by atoms with Gasteiger partial charge >= 0.3 is 5.69 Å². The number of aryl methyl sites for hydroxylation is 3. The van der Waals surface area contributed by atoms with E-state index in [1.54, 1.807) is 80.6 Å². The Morgan fingerprint density at radius 2 is 1.51 bits per heavy atom. The molecule has 0 fully saturated rings. The van der Waals surface area contributed by atoms with Gasteiger partial charge in [0, 0.05) is 24.3 Å². The molecule has 0 aliphatic rings. The van der Waals surface area contributed by atoms with Crippen LogP contribution in [0.15, 0.2) is 81.2 Å². The standard InChI is InChI=1S/C25H24N4O5S/c1-16-6-5-7-17(2)23(16)35(33,34)28-19-12-10-18(11-13-19)26-22(30)14-15-29-21-9-4-3-8-20(21)24(31)27-25(29)32/h3-13,28H,14-15H2,1-2H3,(H,26,30)(H,27,31,32). The van der Waals surface area contributed by atoms with Gasteiger partial charge in [-0.1, -0.05) is 30.3 Å². The van der Waals surface area contributed by atoms with Crippen molar-refractivity contribution in [2.75, 3.05) is 10.0 Å². The van der Waals surface area contributed by atoms with Gasteiger partial charge in [0.25, 0.3) is 15.6 Å². The Morgan fingerprint density at radius 3 is 2.20 bits per heavy atom. The van der Waals surface area contributed by atoms with E-state index in [9.17, 15) is 22.8 Å². The molecular formula is C25H24N4O5S. The van der Waals surface area contributed by atoms with E-state index in [-0.39, 0.29) is 23.8 Å². The maximum atomic E-state index is 12.8. The number of para-hydroxylation sites is 1. The summed E-state index contributed by atoms with van der Waals surface area (Å²) in [6.07, 6.45) is -0.00309. The van der Waals surface area contributed by atoms with Gasteiger partial charge in [-0.2, -0.15) is 0 Å². The fourth-order valence-electron chi connectivity index (χ4n) is 3.95. The lowest BCUT2D eigenvalue weighted by atomic mass is 10.2. The summed E-state index contributed by atoms with van der Waals surface area (Å²) in [5.74, 6) is -0.337. The maximum Gasteiger partial charge on any atom is 0.328 e. The molecule has 0 aliphatic carbocycles. The van der Waals surface area contributed by atoms with Gasteiger partial charge in [-0.05, 0) is 61.4 Å². The number of nitrogens with zero attached hydrogens (tertiary/aromatic N) is 1. The number of hydrogen-bond donors (Lipinski definition) is 3. The molecule has 0 atom stereocenters. The first-order chi connectivity index (χ1) is 16.7. The summed E-state index contributed by atoms with van der Waals surface area (Å²) in [4.78, 5) is 39.2. The molecule has 4 rings (SSSR count). The minimum Gasteiger partial charge on any atom is -0.326 e. The van der Waals surface area contributed by atoms with E-state index in [0.29, 0.717) is 33.4 Å². The topological polar surface area (TPSA) is 130 Å². The summed E-state index contributed by atoms with van der Waals surface area (Å²) in [6, 6.07) is 18.2. The first-order valence-electron chi connectivity index (χ1n) is 10.9. The van der Waals surface area contributed by atoms with E-state index in [4.69, 9.17) is 0 Å². The van der Waals surface area contributed by atoms with E-state index in [1.165, 1.54) is 4.57 Å². The highest BCUT2D eigenvalue weighted by Gasteiger charge is 2.19. The Bertz CT molecular complexity index is 1620. The molecule has 0 saturated carbocycles. The van der Waals surface area contributed by atoms with Gasteiger partial charge in [-0.15, -0.1) is 0 Å². The summed E-state index contributed by atoms with van der Waals surface area (Å²) in [6.45, 7) is 3.56. The van der Waals surface area contributed by atoms with Crippen LogP contribution in [-0.4, -0.2) is 23.9 Å². The minimum atomic E-state index is -3.77. The second kappa shape index (κ2) is 9.59. The molecule has 4 aromatic rings. The highest BCUT2D eigenvalue weighted by atomic mass is 32.2. The number of sulfonamides is 1. The molecule has 1 aromatic heterocycles. The van der Waals surface area contributed by atoms with Crippen molar-refractivity contribution in [1.82, 2.24) is 9.55 Å². The van der Waals surface area contributed by atoms with Crippen molar-refractivity contribution >= 4 is 38.2 Å². The SMILES string of the molecule is Cc1cccc(C)c1S(=O)(=O)Nc1ccc(NC(=O)CCn2c(=O)[nH]c(=O)c3ccccc32)cc1. The van der Waals surface area contributed by atoms with Crippen LogP contribution in [0.5, 0.6) is 0 Å².